The second-order valence-electron chi connectivity index (χ2n) is 4.76. The SMILES string of the molecule is COC(=O)C1CCCCN1c1ccc(C(N)=S)c(F)c1. The van der Waals surface area contributed by atoms with Gasteiger partial charge in [0.1, 0.15) is 16.8 Å². The van der Waals surface area contributed by atoms with Crippen molar-refractivity contribution in [2.45, 2.75) is 25.3 Å². The first-order valence-corrected chi connectivity index (χ1v) is 6.89. The van der Waals surface area contributed by atoms with Crippen molar-refractivity contribution < 1.29 is 13.9 Å². The molecule has 2 rings (SSSR count). The number of hydrogen-bond acceptors (Lipinski definition) is 4. The molecule has 1 atom stereocenters. The number of nitrogens with zero attached hydrogens (tertiary/aromatic N) is 1. The molecular formula is C14H17FN2O2S. The second-order valence-corrected chi connectivity index (χ2v) is 5.20. The third kappa shape index (κ3) is 2.90. The highest BCUT2D eigenvalue weighted by atomic mass is 32.1. The van der Waals surface area contributed by atoms with Crippen molar-refractivity contribution in [3.05, 3.63) is 29.6 Å². The van der Waals surface area contributed by atoms with Gasteiger partial charge in [0.2, 0.25) is 0 Å². The summed E-state index contributed by atoms with van der Waals surface area (Å²) in [4.78, 5) is 13.7. The fourth-order valence-corrected chi connectivity index (χ4v) is 2.67. The zero-order chi connectivity index (χ0) is 14.7. The standard InChI is InChI=1S/C14H17FN2O2S/c1-19-14(18)12-4-2-3-7-17(12)9-5-6-10(13(16)20)11(15)8-9/h5-6,8,12H,2-4,7H2,1H3,(H2,16,20). The molecule has 1 aromatic carbocycles. The van der Waals surface area contributed by atoms with Crippen LogP contribution in [-0.2, 0) is 9.53 Å². The lowest BCUT2D eigenvalue weighted by Crippen LogP contribution is -2.45. The number of anilines is 1. The number of benzene rings is 1. The number of nitrogens with two attached hydrogens (primary N) is 1. The number of piperidine rings is 1. The lowest BCUT2D eigenvalue weighted by molar-refractivity contribution is -0.142. The predicted octanol–water partition coefficient (Wildman–Crippen LogP) is 1.99. The number of ether oxygens (including phenoxy) is 1. The Bertz CT molecular complexity index is 536. The van der Waals surface area contributed by atoms with Crippen LogP contribution >= 0.6 is 12.2 Å². The highest BCUT2D eigenvalue weighted by molar-refractivity contribution is 7.80. The van der Waals surface area contributed by atoms with Crippen molar-refractivity contribution in [1.82, 2.24) is 0 Å². The van der Waals surface area contributed by atoms with Crippen molar-refractivity contribution in [3.63, 3.8) is 0 Å². The Kier molecular flexibility index (Phi) is 4.54. The molecule has 2 N–H and O–H groups in total. The number of hydrogen-bond donors (Lipinski definition) is 1. The van der Waals surface area contributed by atoms with E-state index in [1.54, 1.807) is 12.1 Å². The van der Waals surface area contributed by atoms with E-state index >= 15 is 0 Å². The number of carbonyl (C=O) groups is 1. The molecule has 0 saturated carbocycles. The summed E-state index contributed by atoms with van der Waals surface area (Å²) in [5.74, 6) is -0.757. The van der Waals surface area contributed by atoms with Gasteiger partial charge in [-0.05, 0) is 37.5 Å². The first-order chi connectivity index (χ1) is 9.54. The van der Waals surface area contributed by atoms with Crippen LogP contribution < -0.4 is 10.6 Å². The maximum absolute atomic E-state index is 14.0. The van der Waals surface area contributed by atoms with Gasteiger partial charge in [0.25, 0.3) is 0 Å². The van der Waals surface area contributed by atoms with Gasteiger partial charge < -0.3 is 15.4 Å². The lowest BCUT2D eigenvalue weighted by Gasteiger charge is -2.35. The molecule has 108 valence electrons. The third-order valence-electron chi connectivity index (χ3n) is 3.53. The van der Waals surface area contributed by atoms with E-state index in [0.717, 1.165) is 12.8 Å². The highest BCUT2D eigenvalue weighted by Gasteiger charge is 2.30. The third-order valence-corrected chi connectivity index (χ3v) is 3.75. The van der Waals surface area contributed by atoms with Crippen LogP contribution in [0.5, 0.6) is 0 Å². The molecule has 0 bridgehead atoms. The quantitative estimate of drug-likeness (QED) is 0.683. The van der Waals surface area contributed by atoms with Crippen molar-refractivity contribution in [2.75, 3.05) is 18.6 Å². The Morgan fingerprint density at radius 1 is 1.50 bits per heavy atom. The normalized spacial score (nSPS) is 18.7. The van der Waals surface area contributed by atoms with E-state index in [0.29, 0.717) is 18.7 Å². The Balaban J connectivity index is 2.31. The molecule has 6 heteroatoms. The molecule has 1 aromatic rings. The number of carbonyl (C=O) groups excluding carboxylic acids is 1. The van der Waals surface area contributed by atoms with Gasteiger partial charge in [-0.3, -0.25) is 0 Å². The molecule has 0 aliphatic carbocycles. The molecule has 1 saturated heterocycles. The Morgan fingerprint density at radius 2 is 2.25 bits per heavy atom. The average Bonchev–Trinajstić information content (AvgIpc) is 2.46. The minimum atomic E-state index is -0.468. The van der Waals surface area contributed by atoms with E-state index < -0.39 is 5.82 Å². The summed E-state index contributed by atoms with van der Waals surface area (Å²) in [6, 6.07) is 4.30. The van der Waals surface area contributed by atoms with Crippen molar-refractivity contribution in [2.24, 2.45) is 5.73 Å². The predicted molar refractivity (Wildman–Crippen MR) is 79.3 cm³/mol. The van der Waals surface area contributed by atoms with Gasteiger partial charge in [-0.15, -0.1) is 0 Å². The summed E-state index contributed by atoms with van der Waals surface area (Å²) >= 11 is 4.78. The maximum Gasteiger partial charge on any atom is 0.328 e. The van der Waals surface area contributed by atoms with Crippen LogP contribution in [0.3, 0.4) is 0 Å². The molecule has 1 aliphatic heterocycles. The van der Waals surface area contributed by atoms with Crippen molar-refractivity contribution in [3.8, 4) is 0 Å². The summed E-state index contributed by atoms with van der Waals surface area (Å²) in [5, 5.41) is 0. The number of thiocarbonyl (C=S) groups is 1. The fraction of sp³-hybridized carbons (Fsp3) is 0.429. The molecule has 20 heavy (non-hydrogen) atoms. The van der Waals surface area contributed by atoms with Gasteiger partial charge >= 0.3 is 5.97 Å². The van der Waals surface area contributed by atoms with Crippen molar-refractivity contribution in [1.29, 1.82) is 0 Å². The molecule has 0 aromatic heterocycles. The first kappa shape index (κ1) is 14.7. The van der Waals surface area contributed by atoms with Crippen LogP contribution in [-0.4, -0.2) is 30.7 Å². The van der Waals surface area contributed by atoms with E-state index in [2.05, 4.69) is 0 Å². The Morgan fingerprint density at radius 3 is 2.85 bits per heavy atom. The molecule has 0 spiro atoms. The summed E-state index contributed by atoms with van der Waals surface area (Å²) < 4.78 is 18.8. The molecular weight excluding hydrogens is 279 g/mol. The molecule has 1 heterocycles. The van der Waals surface area contributed by atoms with E-state index in [9.17, 15) is 9.18 Å². The molecule has 1 fully saturated rings. The number of methoxy groups -OCH3 is 1. The number of halogens is 1. The van der Waals surface area contributed by atoms with Gasteiger partial charge in [0, 0.05) is 17.8 Å². The summed E-state index contributed by atoms with van der Waals surface area (Å²) in [6.07, 6.45) is 2.64. The smallest absolute Gasteiger partial charge is 0.328 e. The molecule has 1 unspecified atom stereocenters. The van der Waals surface area contributed by atoms with Crippen LogP contribution in [0, 0.1) is 5.82 Å². The van der Waals surface area contributed by atoms with E-state index in [-0.39, 0.29) is 22.6 Å². The van der Waals surface area contributed by atoms with Crippen LogP contribution in [0.1, 0.15) is 24.8 Å². The first-order valence-electron chi connectivity index (χ1n) is 6.48. The number of rotatable bonds is 3. The van der Waals surface area contributed by atoms with Gasteiger partial charge in [-0.2, -0.15) is 0 Å². The van der Waals surface area contributed by atoms with Crippen LogP contribution in [0.15, 0.2) is 18.2 Å². The molecule has 1 aliphatic rings. The zero-order valence-electron chi connectivity index (χ0n) is 11.3. The Labute approximate surface area is 122 Å². The van der Waals surface area contributed by atoms with E-state index in [1.807, 2.05) is 4.90 Å². The number of esters is 1. The fourth-order valence-electron chi connectivity index (χ4n) is 2.50. The minimum absolute atomic E-state index is 0.0252. The summed E-state index contributed by atoms with van der Waals surface area (Å²) in [7, 11) is 1.37. The van der Waals surface area contributed by atoms with Gasteiger partial charge in [0.15, 0.2) is 0 Å². The van der Waals surface area contributed by atoms with Gasteiger partial charge in [-0.1, -0.05) is 12.2 Å². The second kappa shape index (κ2) is 6.17. The largest absolute Gasteiger partial charge is 0.467 e. The Hall–Kier alpha value is -1.69. The van der Waals surface area contributed by atoms with E-state index in [4.69, 9.17) is 22.7 Å². The van der Waals surface area contributed by atoms with Gasteiger partial charge in [-0.25, -0.2) is 9.18 Å². The molecule has 4 nitrogen and oxygen atoms in total. The maximum atomic E-state index is 14.0. The summed E-state index contributed by atoms with van der Waals surface area (Å²) in [5.41, 5.74) is 6.31. The van der Waals surface area contributed by atoms with Crippen LogP contribution in [0.4, 0.5) is 10.1 Å². The van der Waals surface area contributed by atoms with Crippen LogP contribution in [0.25, 0.3) is 0 Å². The average molecular weight is 296 g/mol. The highest BCUT2D eigenvalue weighted by Crippen LogP contribution is 2.27. The topological polar surface area (TPSA) is 55.6 Å². The minimum Gasteiger partial charge on any atom is -0.467 e. The molecule has 0 amide bonds. The van der Waals surface area contributed by atoms with E-state index in [1.165, 1.54) is 13.2 Å². The van der Waals surface area contributed by atoms with Gasteiger partial charge in [0.05, 0.1) is 7.11 Å². The van der Waals surface area contributed by atoms with Crippen LogP contribution in [0.2, 0.25) is 0 Å². The zero-order valence-corrected chi connectivity index (χ0v) is 12.1. The van der Waals surface area contributed by atoms with Crippen molar-refractivity contribution >= 4 is 28.9 Å². The monoisotopic (exact) mass is 296 g/mol. The molecule has 0 radical (unpaired) electrons. The summed E-state index contributed by atoms with van der Waals surface area (Å²) in [6.45, 7) is 0.700. The lowest BCUT2D eigenvalue weighted by atomic mass is 10.0.